The lowest BCUT2D eigenvalue weighted by Crippen LogP contribution is -1.85. The molecule has 0 unspecified atom stereocenters. The molecule has 0 aliphatic carbocycles. The third kappa shape index (κ3) is 2.22. The van der Waals surface area contributed by atoms with Gasteiger partial charge >= 0.3 is 0 Å². The first-order valence-electron chi connectivity index (χ1n) is 3.38. The Morgan fingerprint density at radius 2 is 1.50 bits per heavy atom. The third-order valence-corrected chi connectivity index (χ3v) is 2.03. The summed E-state index contributed by atoms with van der Waals surface area (Å²) in [5.41, 5.74) is 3.40. The lowest BCUT2D eigenvalue weighted by molar-refractivity contribution is 0.470. The Bertz CT molecular complexity index is 232. The maximum atomic E-state index is 9.22. The average molecular weight is 171 g/mol. The first kappa shape index (κ1) is 13.5. The van der Waals surface area contributed by atoms with Crippen LogP contribution in [0.15, 0.2) is 12.1 Å². The standard InChI is InChI=1S/C9H12O.H3N.H2O/c1-6-4-5-9(10)8(3)7(6)2;;/h4-5,10H,1-3H3;1H3;1H2. The fourth-order valence-electron chi connectivity index (χ4n) is 0.942. The lowest BCUT2D eigenvalue weighted by atomic mass is 10.0. The number of aromatic hydroxyl groups is 1. The molecule has 1 aromatic rings. The minimum absolute atomic E-state index is 0. The van der Waals surface area contributed by atoms with Crippen LogP contribution in [0.4, 0.5) is 0 Å². The molecule has 0 fully saturated rings. The molecule has 1 rings (SSSR count). The van der Waals surface area contributed by atoms with Gasteiger partial charge in [-0.15, -0.1) is 0 Å². The van der Waals surface area contributed by atoms with Gasteiger partial charge in [0.1, 0.15) is 5.75 Å². The van der Waals surface area contributed by atoms with Crippen LogP contribution in [0.2, 0.25) is 0 Å². The Morgan fingerprint density at radius 3 is 1.92 bits per heavy atom. The van der Waals surface area contributed by atoms with Gasteiger partial charge in [-0.3, -0.25) is 0 Å². The van der Waals surface area contributed by atoms with E-state index in [2.05, 4.69) is 0 Å². The Balaban J connectivity index is 0. The Kier molecular flexibility index (Phi) is 5.35. The van der Waals surface area contributed by atoms with E-state index in [4.69, 9.17) is 0 Å². The van der Waals surface area contributed by atoms with Gasteiger partial charge in [0.25, 0.3) is 0 Å². The normalized spacial score (nSPS) is 8.25. The maximum Gasteiger partial charge on any atom is 0.118 e. The predicted molar refractivity (Wildman–Crippen MR) is 50.2 cm³/mol. The zero-order valence-corrected chi connectivity index (χ0v) is 8.05. The van der Waals surface area contributed by atoms with Crippen molar-refractivity contribution < 1.29 is 10.6 Å². The smallest absolute Gasteiger partial charge is 0.118 e. The second-order valence-electron chi connectivity index (χ2n) is 2.65. The molecule has 0 aliphatic heterocycles. The molecule has 0 atom stereocenters. The van der Waals surface area contributed by atoms with Crippen LogP contribution >= 0.6 is 0 Å². The van der Waals surface area contributed by atoms with E-state index < -0.39 is 0 Å². The van der Waals surface area contributed by atoms with E-state index in [0.29, 0.717) is 5.75 Å². The lowest BCUT2D eigenvalue weighted by Gasteiger charge is -2.04. The topological polar surface area (TPSA) is 86.7 Å². The molecule has 0 aromatic heterocycles. The van der Waals surface area contributed by atoms with Gasteiger partial charge in [0.15, 0.2) is 0 Å². The quantitative estimate of drug-likeness (QED) is 0.628. The molecule has 0 amide bonds. The summed E-state index contributed by atoms with van der Waals surface area (Å²) in [7, 11) is 0. The number of hydrogen-bond donors (Lipinski definition) is 2. The van der Waals surface area contributed by atoms with Crippen LogP contribution in [-0.4, -0.2) is 10.6 Å². The Morgan fingerprint density at radius 1 is 1.00 bits per heavy atom. The predicted octanol–water partition coefficient (Wildman–Crippen LogP) is 2.52. The number of phenolic OH excluding ortho intramolecular Hbond substituents is 1. The summed E-state index contributed by atoms with van der Waals surface area (Å²) in [5.74, 6) is 0.392. The molecular formula is C9H17NO2. The highest BCUT2D eigenvalue weighted by atomic mass is 16.3. The van der Waals surface area contributed by atoms with Crippen molar-refractivity contribution in [1.82, 2.24) is 6.15 Å². The Hall–Kier alpha value is -1.06. The van der Waals surface area contributed by atoms with Gasteiger partial charge in [-0.05, 0) is 43.5 Å². The number of hydrogen-bond acceptors (Lipinski definition) is 2. The third-order valence-electron chi connectivity index (χ3n) is 2.03. The van der Waals surface area contributed by atoms with Crippen molar-refractivity contribution in [2.24, 2.45) is 0 Å². The fourth-order valence-corrected chi connectivity index (χ4v) is 0.942. The molecule has 70 valence electrons. The van der Waals surface area contributed by atoms with Crippen LogP contribution in [0.3, 0.4) is 0 Å². The van der Waals surface area contributed by atoms with Gasteiger partial charge in [-0.25, -0.2) is 0 Å². The highest BCUT2D eigenvalue weighted by Crippen LogP contribution is 2.21. The zero-order valence-electron chi connectivity index (χ0n) is 8.05. The monoisotopic (exact) mass is 171 g/mol. The molecule has 12 heavy (non-hydrogen) atoms. The number of phenols is 1. The summed E-state index contributed by atoms with van der Waals surface area (Å²) in [4.78, 5) is 0. The molecule has 0 aliphatic rings. The van der Waals surface area contributed by atoms with E-state index in [-0.39, 0.29) is 11.6 Å². The van der Waals surface area contributed by atoms with Crippen molar-refractivity contribution in [2.45, 2.75) is 20.8 Å². The van der Waals surface area contributed by atoms with Crippen molar-refractivity contribution in [1.29, 1.82) is 0 Å². The molecule has 6 N–H and O–H groups in total. The fraction of sp³-hybridized carbons (Fsp3) is 0.333. The van der Waals surface area contributed by atoms with Crippen LogP contribution < -0.4 is 6.15 Å². The van der Waals surface area contributed by atoms with Crippen LogP contribution in [0.25, 0.3) is 0 Å². The van der Waals surface area contributed by atoms with E-state index in [9.17, 15) is 5.11 Å². The summed E-state index contributed by atoms with van der Waals surface area (Å²) in [6.07, 6.45) is 0. The van der Waals surface area contributed by atoms with Gasteiger partial charge in [0.05, 0.1) is 0 Å². The van der Waals surface area contributed by atoms with E-state index >= 15 is 0 Å². The average Bonchev–Trinajstić information content (AvgIpc) is 1.93. The molecule has 3 heteroatoms. The molecular weight excluding hydrogens is 154 g/mol. The van der Waals surface area contributed by atoms with E-state index in [1.165, 1.54) is 11.1 Å². The molecule has 0 saturated carbocycles. The number of benzene rings is 1. The van der Waals surface area contributed by atoms with Gasteiger partial charge in [-0.2, -0.15) is 0 Å². The van der Waals surface area contributed by atoms with Crippen LogP contribution in [-0.2, 0) is 0 Å². The summed E-state index contributed by atoms with van der Waals surface area (Å²) in [6.45, 7) is 5.99. The van der Waals surface area contributed by atoms with E-state index in [0.717, 1.165) is 5.56 Å². The molecule has 0 heterocycles. The molecule has 3 nitrogen and oxygen atoms in total. The largest absolute Gasteiger partial charge is 0.870 e. The van der Waals surface area contributed by atoms with Gasteiger partial charge in [0.2, 0.25) is 0 Å². The number of aryl methyl sites for hydroxylation is 1. The highest BCUT2D eigenvalue weighted by Gasteiger charge is 1.99. The molecule has 0 radical (unpaired) electrons. The van der Waals surface area contributed by atoms with Crippen molar-refractivity contribution in [3.8, 4) is 5.75 Å². The van der Waals surface area contributed by atoms with Crippen molar-refractivity contribution >= 4 is 0 Å². The second-order valence-corrected chi connectivity index (χ2v) is 2.65. The summed E-state index contributed by atoms with van der Waals surface area (Å²) >= 11 is 0. The molecule has 0 saturated heterocycles. The first-order chi connectivity index (χ1) is 4.63. The van der Waals surface area contributed by atoms with Gasteiger partial charge in [0, 0.05) is 0 Å². The molecule has 0 spiro atoms. The minimum atomic E-state index is 0. The van der Waals surface area contributed by atoms with Crippen LogP contribution in [0, 0.1) is 20.8 Å². The van der Waals surface area contributed by atoms with Crippen molar-refractivity contribution in [3.63, 3.8) is 0 Å². The summed E-state index contributed by atoms with van der Waals surface area (Å²) < 4.78 is 0. The van der Waals surface area contributed by atoms with Gasteiger partial charge in [-0.1, -0.05) is 6.07 Å². The number of rotatable bonds is 0. The molecule has 1 aromatic carbocycles. The maximum absolute atomic E-state index is 9.22. The summed E-state index contributed by atoms with van der Waals surface area (Å²) in [6, 6.07) is 3.66. The summed E-state index contributed by atoms with van der Waals surface area (Å²) in [5, 5.41) is 9.22. The minimum Gasteiger partial charge on any atom is -0.870 e. The van der Waals surface area contributed by atoms with E-state index in [1.807, 2.05) is 26.8 Å². The van der Waals surface area contributed by atoms with Gasteiger partial charge < -0.3 is 16.7 Å². The molecule has 0 bridgehead atoms. The van der Waals surface area contributed by atoms with Crippen LogP contribution in [0.5, 0.6) is 5.75 Å². The highest BCUT2D eigenvalue weighted by molar-refractivity contribution is 5.41. The number of quaternary nitrogens is 1. The first-order valence-corrected chi connectivity index (χ1v) is 3.38. The van der Waals surface area contributed by atoms with E-state index in [1.54, 1.807) is 6.07 Å². The van der Waals surface area contributed by atoms with Crippen molar-refractivity contribution in [2.75, 3.05) is 0 Å². The SMILES string of the molecule is Cc1ccc(O)c(C)c1C.[NH4+].[OH-]. The zero-order chi connectivity index (χ0) is 7.72. The van der Waals surface area contributed by atoms with Crippen molar-refractivity contribution in [3.05, 3.63) is 28.8 Å². The second kappa shape index (κ2) is 4.74. The Labute approximate surface area is 72.9 Å². The van der Waals surface area contributed by atoms with Crippen LogP contribution in [0.1, 0.15) is 16.7 Å².